The minimum absolute atomic E-state index is 0.00708. The van der Waals surface area contributed by atoms with Gasteiger partial charge < -0.3 is 10.2 Å². The number of hydrogen-bond acceptors (Lipinski definition) is 2. The maximum atomic E-state index is 11.2. The fourth-order valence-electron chi connectivity index (χ4n) is 6.00. The third-order valence-corrected chi connectivity index (χ3v) is 7.53. The van der Waals surface area contributed by atoms with Crippen molar-refractivity contribution >= 4 is 15.9 Å². The monoisotopic (exact) mass is 376 g/mol. The van der Waals surface area contributed by atoms with Gasteiger partial charge in [-0.15, -0.1) is 0 Å². The number of benzene rings is 1. The van der Waals surface area contributed by atoms with E-state index in [9.17, 15) is 10.2 Å². The number of fused-ring (bicyclic) bond motifs is 5. The molecule has 4 rings (SSSR count). The smallest absolute Gasteiger partial charge is 0.115 e. The van der Waals surface area contributed by atoms with Gasteiger partial charge in [-0.3, -0.25) is 0 Å². The van der Waals surface area contributed by atoms with Gasteiger partial charge in [0.25, 0.3) is 0 Å². The number of aliphatic hydroxyl groups is 1. The maximum absolute atomic E-state index is 11.2. The Morgan fingerprint density at radius 1 is 1.22 bits per heavy atom. The van der Waals surface area contributed by atoms with Gasteiger partial charge in [0.2, 0.25) is 0 Å². The number of aromatic hydroxyl groups is 1. The molecule has 3 aliphatic rings. The normalized spacial score (nSPS) is 42.3. The first-order valence-electron chi connectivity index (χ1n) is 8.80. The van der Waals surface area contributed by atoms with Gasteiger partial charge in [-0.2, -0.15) is 0 Å². The highest BCUT2D eigenvalue weighted by Crippen LogP contribution is 2.64. The Kier molecular flexibility index (Phi) is 3.66. The summed E-state index contributed by atoms with van der Waals surface area (Å²) in [6.07, 6.45) is 8.45. The van der Waals surface area contributed by atoms with Crippen LogP contribution >= 0.6 is 15.9 Å². The van der Waals surface area contributed by atoms with E-state index in [0.29, 0.717) is 23.5 Å². The van der Waals surface area contributed by atoms with E-state index >= 15 is 0 Å². The van der Waals surface area contributed by atoms with Crippen molar-refractivity contribution in [1.29, 1.82) is 0 Å². The highest BCUT2D eigenvalue weighted by molar-refractivity contribution is 9.11. The number of halogens is 1. The molecule has 0 unspecified atom stereocenters. The van der Waals surface area contributed by atoms with Crippen molar-refractivity contribution in [3.05, 3.63) is 40.4 Å². The third-order valence-electron chi connectivity index (χ3n) is 7.26. The van der Waals surface area contributed by atoms with Gasteiger partial charge in [0.05, 0.1) is 5.60 Å². The third kappa shape index (κ3) is 2.16. The lowest BCUT2D eigenvalue weighted by atomic mass is 9.53. The second kappa shape index (κ2) is 5.35. The first-order valence-corrected chi connectivity index (χ1v) is 9.72. The molecule has 0 spiro atoms. The van der Waals surface area contributed by atoms with E-state index in [1.54, 1.807) is 0 Å². The zero-order chi connectivity index (χ0) is 16.2. The van der Waals surface area contributed by atoms with Crippen LogP contribution in [-0.4, -0.2) is 15.8 Å². The van der Waals surface area contributed by atoms with Crippen LogP contribution in [0.2, 0.25) is 0 Å². The van der Waals surface area contributed by atoms with Crippen LogP contribution < -0.4 is 0 Å². The zero-order valence-electron chi connectivity index (χ0n) is 13.6. The van der Waals surface area contributed by atoms with Crippen molar-refractivity contribution in [3.8, 4) is 5.75 Å². The summed E-state index contributed by atoms with van der Waals surface area (Å²) in [5, 5.41) is 21.0. The van der Waals surface area contributed by atoms with E-state index < -0.39 is 5.60 Å². The Morgan fingerprint density at radius 3 is 2.83 bits per heavy atom. The summed E-state index contributed by atoms with van der Waals surface area (Å²) in [6.45, 7) is 2.31. The highest BCUT2D eigenvalue weighted by Gasteiger charge is 2.60. The number of aryl methyl sites for hydroxylation is 1. The van der Waals surface area contributed by atoms with Crippen molar-refractivity contribution in [2.24, 2.45) is 17.3 Å². The summed E-state index contributed by atoms with van der Waals surface area (Å²) in [6, 6.07) is 5.94. The molecule has 0 bridgehead atoms. The number of phenols is 1. The van der Waals surface area contributed by atoms with E-state index in [-0.39, 0.29) is 5.41 Å². The van der Waals surface area contributed by atoms with Crippen molar-refractivity contribution in [3.63, 3.8) is 0 Å². The van der Waals surface area contributed by atoms with Crippen LogP contribution in [0.1, 0.15) is 56.1 Å². The molecule has 0 saturated heterocycles. The quantitative estimate of drug-likeness (QED) is 0.732. The van der Waals surface area contributed by atoms with E-state index in [1.165, 1.54) is 17.5 Å². The lowest BCUT2D eigenvalue weighted by Crippen LogP contribution is -2.49. The molecule has 3 heteroatoms. The molecule has 0 aliphatic heterocycles. The van der Waals surface area contributed by atoms with Crippen LogP contribution in [0.5, 0.6) is 5.75 Å². The van der Waals surface area contributed by atoms with Crippen LogP contribution in [-0.2, 0) is 6.42 Å². The number of phenolic OH excluding ortho intramolecular Hbond substituents is 1. The molecule has 23 heavy (non-hydrogen) atoms. The molecular formula is C20H25BrO2. The van der Waals surface area contributed by atoms with Gasteiger partial charge in [0, 0.05) is 5.41 Å². The van der Waals surface area contributed by atoms with E-state index in [0.717, 1.165) is 32.1 Å². The predicted octanol–water partition coefficient (Wildman–Crippen LogP) is 4.89. The summed E-state index contributed by atoms with van der Waals surface area (Å²) >= 11 is 3.37. The fourth-order valence-corrected chi connectivity index (χ4v) is 6.44. The molecule has 2 saturated carbocycles. The minimum atomic E-state index is -0.665. The summed E-state index contributed by atoms with van der Waals surface area (Å²) in [5.74, 6) is 2.26. The molecular weight excluding hydrogens is 352 g/mol. The van der Waals surface area contributed by atoms with E-state index in [2.05, 4.69) is 28.9 Å². The van der Waals surface area contributed by atoms with Crippen LogP contribution in [0.25, 0.3) is 0 Å². The molecule has 1 aromatic rings. The van der Waals surface area contributed by atoms with Gasteiger partial charge in [-0.25, -0.2) is 0 Å². The molecule has 124 valence electrons. The minimum Gasteiger partial charge on any atom is -0.508 e. The number of rotatable bonds is 1. The Hall–Kier alpha value is -0.800. The van der Waals surface area contributed by atoms with Crippen LogP contribution in [0.4, 0.5) is 0 Å². The summed E-state index contributed by atoms with van der Waals surface area (Å²) in [7, 11) is 0. The Morgan fingerprint density at radius 2 is 2.04 bits per heavy atom. The molecule has 0 aromatic heterocycles. The Balaban J connectivity index is 1.70. The first kappa shape index (κ1) is 15.7. The van der Waals surface area contributed by atoms with Crippen LogP contribution in [0, 0.1) is 17.3 Å². The van der Waals surface area contributed by atoms with Gasteiger partial charge >= 0.3 is 0 Å². The van der Waals surface area contributed by atoms with E-state index in [4.69, 9.17) is 0 Å². The van der Waals surface area contributed by atoms with Gasteiger partial charge in [-0.05, 0) is 90.6 Å². The topological polar surface area (TPSA) is 40.5 Å². The van der Waals surface area contributed by atoms with Crippen molar-refractivity contribution in [1.82, 2.24) is 0 Å². The van der Waals surface area contributed by atoms with Gasteiger partial charge in [0.15, 0.2) is 0 Å². The second-order valence-electron chi connectivity index (χ2n) is 8.01. The molecule has 3 aliphatic carbocycles. The average Bonchev–Trinajstić information content (AvgIpc) is 2.79. The van der Waals surface area contributed by atoms with Crippen LogP contribution in [0.15, 0.2) is 29.3 Å². The van der Waals surface area contributed by atoms with Crippen LogP contribution in [0.3, 0.4) is 0 Å². The largest absolute Gasteiger partial charge is 0.508 e. The zero-order valence-corrected chi connectivity index (χ0v) is 15.2. The SMILES string of the molecule is C[C@]12CC[C@@H]3c4ccc(O)cc4CC[C@@H]3[C@@H]1CC[C@@]2(O)C=CBr. The Labute approximate surface area is 146 Å². The highest BCUT2D eigenvalue weighted by atomic mass is 79.9. The standard InChI is InChI=1S/C20H25BrO2/c1-19-8-6-16-15-5-3-14(22)12-13(15)2-4-17(16)18(19)7-9-20(19,23)10-11-21/h3,5,10-12,16-18,22-23H,2,4,6-9H2,1H3/t16-,17+,18+,19+,20-/m1/s1. The average molecular weight is 377 g/mol. The molecule has 2 N–H and O–H groups in total. The first-order chi connectivity index (χ1) is 11.0. The molecule has 0 radical (unpaired) electrons. The van der Waals surface area contributed by atoms with E-state index in [1.807, 2.05) is 23.2 Å². The van der Waals surface area contributed by atoms with Crippen molar-refractivity contribution in [2.45, 2.75) is 57.0 Å². The summed E-state index contributed by atoms with van der Waals surface area (Å²) in [4.78, 5) is 1.84. The Bertz CT molecular complexity index is 655. The number of hydrogen-bond donors (Lipinski definition) is 2. The molecule has 5 atom stereocenters. The summed E-state index contributed by atoms with van der Waals surface area (Å²) < 4.78 is 0. The maximum Gasteiger partial charge on any atom is 0.115 e. The van der Waals surface area contributed by atoms with Gasteiger partial charge in [-0.1, -0.05) is 28.9 Å². The van der Waals surface area contributed by atoms with Crippen molar-refractivity contribution < 1.29 is 10.2 Å². The molecule has 0 heterocycles. The molecule has 0 amide bonds. The lowest BCUT2D eigenvalue weighted by Gasteiger charge is -2.52. The molecule has 2 nitrogen and oxygen atoms in total. The predicted molar refractivity (Wildman–Crippen MR) is 95.7 cm³/mol. The summed E-state index contributed by atoms with van der Waals surface area (Å²) in [5.41, 5.74) is 2.12. The second-order valence-corrected chi connectivity index (χ2v) is 8.54. The van der Waals surface area contributed by atoms with Crippen molar-refractivity contribution in [2.75, 3.05) is 0 Å². The molecule has 1 aromatic carbocycles. The fraction of sp³-hybridized carbons (Fsp3) is 0.600. The molecule has 2 fully saturated rings. The lowest BCUT2D eigenvalue weighted by molar-refractivity contribution is -0.0708. The van der Waals surface area contributed by atoms with Gasteiger partial charge in [0.1, 0.15) is 5.75 Å².